The van der Waals surface area contributed by atoms with E-state index in [1.54, 1.807) is 16.9 Å². The molecule has 0 unspecified atom stereocenters. The van der Waals surface area contributed by atoms with E-state index < -0.39 is 0 Å². The Hall–Kier alpha value is -2.17. The average Bonchev–Trinajstić information content (AvgIpc) is 2.77. The van der Waals surface area contributed by atoms with Crippen molar-refractivity contribution in [1.29, 1.82) is 0 Å². The highest BCUT2D eigenvalue weighted by molar-refractivity contribution is 6.04. The van der Waals surface area contributed by atoms with Crippen LogP contribution in [0.25, 0.3) is 0 Å². The van der Waals surface area contributed by atoms with Gasteiger partial charge in [-0.1, -0.05) is 0 Å². The summed E-state index contributed by atoms with van der Waals surface area (Å²) in [6.07, 6.45) is 3.47. The predicted octanol–water partition coefficient (Wildman–Crippen LogP) is 2.73. The number of aromatic nitrogens is 3. The summed E-state index contributed by atoms with van der Waals surface area (Å²) < 4.78 is 1.80. The summed E-state index contributed by atoms with van der Waals surface area (Å²) in [4.78, 5) is 16.4. The van der Waals surface area contributed by atoms with E-state index in [4.69, 9.17) is 0 Å². The standard InChI is InChI=1S/C14H18N4O/c1-9(2)18-8-12(7-15-18)17-14(19)13-6-5-10(3)16-11(13)4/h5-9H,1-4H3,(H,17,19). The lowest BCUT2D eigenvalue weighted by molar-refractivity contribution is 0.102. The number of nitrogens with zero attached hydrogens (tertiary/aromatic N) is 3. The van der Waals surface area contributed by atoms with Gasteiger partial charge in [0, 0.05) is 17.9 Å². The number of carbonyl (C=O) groups is 1. The quantitative estimate of drug-likeness (QED) is 0.920. The first-order valence-electron chi connectivity index (χ1n) is 6.27. The number of carbonyl (C=O) groups excluding carboxylic acids is 1. The lowest BCUT2D eigenvalue weighted by Crippen LogP contribution is -2.14. The summed E-state index contributed by atoms with van der Waals surface area (Å²) in [7, 11) is 0. The largest absolute Gasteiger partial charge is 0.319 e. The zero-order valence-electron chi connectivity index (χ0n) is 11.6. The Morgan fingerprint density at radius 3 is 2.63 bits per heavy atom. The van der Waals surface area contributed by atoms with E-state index in [1.165, 1.54) is 0 Å². The molecule has 0 saturated heterocycles. The van der Waals surface area contributed by atoms with Crippen molar-refractivity contribution < 1.29 is 4.79 Å². The molecule has 0 fully saturated rings. The fraction of sp³-hybridized carbons (Fsp3) is 0.357. The van der Waals surface area contributed by atoms with Gasteiger partial charge in [0.25, 0.3) is 5.91 Å². The van der Waals surface area contributed by atoms with Crippen LogP contribution < -0.4 is 5.32 Å². The van der Waals surface area contributed by atoms with Gasteiger partial charge in [-0.05, 0) is 39.8 Å². The molecule has 1 amide bonds. The van der Waals surface area contributed by atoms with Crippen molar-refractivity contribution in [2.24, 2.45) is 0 Å². The van der Waals surface area contributed by atoms with Crippen molar-refractivity contribution in [3.63, 3.8) is 0 Å². The van der Waals surface area contributed by atoms with Gasteiger partial charge in [-0.15, -0.1) is 0 Å². The monoisotopic (exact) mass is 258 g/mol. The van der Waals surface area contributed by atoms with Gasteiger partial charge < -0.3 is 5.32 Å². The zero-order chi connectivity index (χ0) is 14.0. The molecular weight excluding hydrogens is 240 g/mol. The van der Waals surface area contributed by atoms with E-state index in [-0.39, 0.29) is 11.9 Å². The third-order valence-electron chi connectivity index (χ3n) is 2.86. The van der Waals surface area contributed by atoms with Crippen LogP contribution in [-0.2, 0) is 0 Å². The minimum Gasteiger partial charge on any atom is -0.319 e. The van der Waals surface area contributed by atoms with Gasteiger partial charge in [0.15, 0.2) is 0 Å². The molecule has 0 spiro atoms. The smallest absolute Gasteiger partial charge is 0.257 e. The molecule has 0 saturated carbocycles. The molecule has 0 radical (unpaired) electrons. The fourth-order valence-electron chi connectivity index (χ4n) is 1.81. The van der Waals surface area contributed by atoms with E-state index >= 15 is 0 Å². The zero-order valence-corrected chi connectivity index (χ0v) is 11.6. The van der Waals surface area contributed by atoms with Crippen molar-refractivity contribution in [2.75, 3.05) is 5.32 Å². The van der Waals surface area contributed by atoms with Crippen molar-refractivity contribution in [3.8, 4) is 0 Å². The Morgan fingerprint density at radius 2 is 2.05 bits per heavy atom. The molecule has 0 bridgehead atoms. The first kappa shape index (κ1) is 13.3. The second kappa shape index (κ2) is 5.22. The molecule has 2 rings (SSSR count). The van der Waals surface area contributed by atoms with Crippen molar-refractivity contribution in [2.45, 2.75) is 33.7 Å². The van der Waals surface area contributed by atoms with E-state index in [1.807, 2.05) is 40.0 Å². The molecule has 100 valence electrons. The average molecular weight is 258 g/mol. The highest BCUT2D eigenvalue weighted by Crippen LogP contribution is 2.13. The number of pyridine rings is 1. The Kier molecular flexibility index (Phi) is 3.64. The second-order valence-corrected chi connectivity index (χ2v) is 4.84. The maximum Gasteiger partial charge on any atom is 0.257 e. The van der Waals surface area contributed by atoms with Gasteiger partial charge in [-0.2, -0.15) is 5.10 Å². The highest BCUT2D eigenvalue weighted by atomic mass is 16.1. The Morgan fingerprint density at radius 1 is 1.32 bits per heavy atom. The van der Waals surface area contributed by atoms with Gasteiger partial charge in [0.1, 0.15) is 0 Å². The topological polar surface area (TPSA) is 59.8 Å². The SMILES string of the molecule is Cc1ccc(C(=O)Nc2cnn(C(C)C)c2)c(C)n1. The number of amides is 1. The molecule has 0 aliphatic carbocycles. The van der Waals surface area contributed by atoms with E-state index in [9.17, 15) is 4.79 Å². The van der Waals surface area contributed by atoms with Crippen LogP contribution in [0.4, 0.5) is 5.69 Å². The van der Waals surface area contributed by atoms with Crippen LogP contribution in [0.2, 0.25) is 0 Å². The van der Waals surface area contributed by atoms with E-state index in [0.717, 1.165) is 11.4 Å². The molecule has 19 heavy (non-hydrogen) atoms. The van der Waals surface area contributed by atoms with E-state index in [0.29, 0.717) is 11.3 Å². The molecule has 0 atom stereocenters. The number of anilines is 1. The van der Waals surface area contributed by atoms with Gasteiger partial charge in [0.05, 0.1) is 23.1 Å². The summed E-state index contributed by atoms with van der Waals surface area (Å²) >= 11 is 0. The molecule has 2 heterocycles. The summed E-state index contributed by atoms with van der Waals surface area (Å²) in [5.74, 6) is -0.159. The Labute approximate surface area is 112 Å². The maximum atomic E-state index is 12.1. The minimum absolute atomic E-state index is 0.159. The number of rotatable bonds is 3. The lowest BCUT2D eigenvalue weighted by atomic mass is 10.1. The number of nitrogens with one attached hydrogen (secondary N) is 1. The normalized spacial score (nSPS) is 10.8. The molecule has 0 aromatic carbocycles. The molecular formula is C14H18N4O. The van der Waals surface area contributed by atoms with E-state index in [2.05, 4.69) is 15.4 Å². The van der Waals surface area contributed by atoms with Crippen LogP contribution in [0.5, 0.6) is 0 Å². The molecule has 2 aromatic heterocycles. The maximum absolute atomic E-state index is 12.1. The minimum atomic E-state index is -0.159. The number of aryl methyl sites for hydroxylation is 2. The second-order valence-electron chi connectivity index (χ2n) is 4.84. The molecule has 0 aliphatic heterocycles. The highest BCUT2D eigenvalue weighted by Gasteiger charge is 2.11. The molecule has 2 aromatic rings. The van der Waals surface area contributed by atoms with Crippen LogP contribution in [-0.4, -0.2) is 20.7 Å². The van der Waals surface area contributed by atoms with Crippen LogP contribution >= 0.6 is 0 Å². The predicted molar refractivity (Wildman–Crippen MR) is 74.3 cm³/mol. The molecule has 0 aliphatic rings. The van der Waals surface area contributed by atoms with Crippen LogP contribution in [0.1, 0.15) is 41.6 Å². The first-order valence-corrected chi connectivity index (χ1v) is 6.27. The number of hydrogen-bond donors (Lipinski definition) is 1. The van der Waals surface area contributed by atoms with Crippen molar-refractivity contribution >= 4 is 11.6 Å². The molecule has 1 N–H and O–H groups in total. The molecule has 5 nitrogen and oxygen atoms in total. The van der Waals surface area contributed by atoms with Crippen molar-refractivity contribution in [1.82, 2.24) is 14.8 Å². The Balaban J connectivity index is 2.16. The lowest BCUT2D eigenvalue weighted by Gasteiger charge is -2.06. The summed E-state index contributed by atoms with van der Waals surface area (Å²) in [5, 5.41) is 7.02. The fourth-order valence-corrected chi connectivity index (χ4v) is 1.81. The van der Waals surface area contributed by atoms with Crippen LogP contribution in [0.15, 0.2) is 24.5 Å². The van der Waals surface area contributed by atoms with Crippen LogP contribution in [0, 0.1) is 13.8 Å². The van der Waals surface area contributed by atoms with Crippen molar-refractivity contribution in [3.05, 3.63) is 41.5 Å². The van der Waals surface area contributed by atoms with Gasteiger partial charge in [-0.3, -0.25) is 14.5 Å². The van der Waals surface area contributed by atoms with Gasteiger partial charge >= 0.3 is 0 Å². The third kappa shape index (κ3) is 2.99. The first-order chi connectivity index (χ1) is 8.97. The Bertz CT molecular complexity index is 601. The summed E-state index contributed by atoms with van der Waals surface area (Å²) in [6.45, 7) is 7.81. The van der Waals surface area contributed by atoms with Gasteiger partial charge in [0.2, 0.25) is 0 Å². The molecule has 5 heteroatoms. The summed E-state index contributed by atoms with van der Waals surface area (Å²) in [6, 6.07) is 3.90. The number of hydrogen-bond acceptors (Lipinski definition) is 3. The summed E-state index contributed by atoms with van der Waals surface area (Å²) in [5.41, 5.74) is 2.91. The van der Waals surface area contributed by atoms with Crippen LogP contribution in [0.3, 0.4) is 0 Å². The van der Waals surface area contributed by atoms with Gasteiger partial charge in [-0.25, -0.2) is 0 Å². The third-order valence-corrected chi connectivity index (χ3v) is 2.86.